The van der Waals surface area contributed by atoms with Crippen LogP contribution in [-0.4, -0.2) is 24.2 Å². The molecule has 2 unspecified atom stereocenters. The first-order valence-electron chi connectivity index (χ1n) is 6.07. The van der Waals surface area contributed by atoms with Gasteiger partial charge < -0.3 is 10.4 Å². The van der Waals surface area contributed by atoms with Crippen molar-refractivity contribution in [3.63, 3.8) is 0 Å². The molecule has 1 aliphatic heterocycles. The minimum Gasteiger partial charge on any atom is -0.481 e. The summed E-state index contributed by atoms with van der Waals surface area (Å²) in [4.78, 5) is 10.9. The highest BCUT2D eigenvalue weighted by atomic mass is 16.4. The van der Waals surface area contributed by atoms with Crippen molar-refractivity contribution in [1.29, 1.82) is 0 Å². The summed E-state index contributed by atoms with van der Waals surface area (Å²) in [6, 6.07) is 8.03. The smallest absolute Gasteiger partial charge is 0.310 e. The number of carboxylic acid groups (broad SMARTS) is 1. The van der Waals surface area contributed by atoms with Crippen molar-refractivity contribution < 1.29 is 9.90 Å². The van der Waals surface area contributed by atoms with Crippen molar-refractivity contribution in [3.8, 4) is 0 Å². The molecule has 1 aromatic carbocycles. The number of hydrogen-bond donors (Lipinski definition) is 2. The predicted octanol–water partition coefficient (Wildman–Crippen LogP) is 2.13. The summed E-state index contributed by atoms with van der Waals surface area (Å²) < 4.78 is 0. The lowest BCUT2D eigenvalue weighted by molar-refractivity contribution is -0.138. The fraction of sp³-hybridized carbons (Fsp3) is 0.500. The topological polar surface area (TPSA) is 49.3 Å². The van der Waals surface area contributed by atoms with Gasteiger partial charge in [-0.2, -0.15) is 0 Å². The van der Waals surface area contributed by atoms with E-state index >= 15 is 0 Å². The monoisotopic (exact) mass is 233 g/mol. The molecule has 0 radical (unpaired) electrons. The normalized spacial score (nSPS) is 25.8. The number of aliphatic carboxylic acids is 1. The molecule has 0 amide bonds. The Labute approximate surface area is 102 Å². The highest BCUT2D eigenvalue weighted by Gasteiger charge is 2.30. The van der Waals surface area contributed by atoms with E-state index in [4.69, 9.17) is 5.11 Å². The first kappa shape index (κ1) is 12.1. The van der Waals surface area contributed by atoms with E-state index in [1.165, 1.54) is 5.56 Å². The SMILES string of the molecule is CC(C(=O)O)c1ccc(C2(C)CCNC2)cc1. The summed E-state index contributed by atoms with van der Waals surface area (Å²) in [6.45, 7) is 6.03. The third-order valence-corrected chi connectivity index (χ3v) is 3.85. The lowest BCUT2D eigenvalue weighted by Crippen LogP contribution is -2.24. The van der Waals surface area contributed by atoms with Crippen molar-refractivity contribution in [2.45, 2.75) is 31.6 Å². The third-order valence-electron chi connectivity index (χ3n) is 3.85. The molecule has 1 fully saturated rings. The predicted molar refractivity (Wildman–Crippen MR) is 67.3 cm³/mol. The van der Waals surface area contributed by atoms with Crippen LogP contribution in [0.25, 0.3) is 0 Å². The Morgan fingerprint density at radius 2 is 2.06 bits per heavy atom. The summed E-state index contributed by atoms with van der Waals surface area (Å²) in [5, 5.41) is 12.3. The summed E-state index contributed by atoms with van der Waals surface area (Å²) in [5.41, 5.74) is 2.37. The lowest BCUT2D eigenvalue weighted by Gasteiger charge is -2.23. The largest absolute Gasteiger partial charge is 0.481 e. The minimum absolute atomic E-state index is 0.199. The number of benzene rings is 1. The van der Waals surface area contributed by atoms with Gasteiger partial charge in [0.05, 0.1) is 5.92 Å². The van der Waals surface area contributed by atoms with Crippen molar-refractivity contribution in [1.82, 2.24) is 5.32 Å². The summed E-state index contributed by atoms with van der Waals surface area (Å²) in [5.74, 6) is -1.20. The van der Waals surface area contributed by atoms with E-state index in [1.54, 1.807) is 6.92 Å². The molecular formula is C14H19NO2. The summed E-state index contributed by atoms with van der Waals surface area (Å²) >= 11 is 0. The zero-order chi connectivity index (χ0) is 12.5. The van der Waals surface area contributed by atoms with Crippen LogP contribution in [0.4, 0.5) is 0 Å². The second-order valence-corrected chi connectivity index (χ2v) is 5.17. The first-order chi connectivity index (χ1) is 8.03. The van der Waals surface area contributed by atoms with Gasteiger partial charge in [0.25, 0.3) is 0 Å². The molecule has 92 valence electrons. The lowest BCUT2D eigenvalue weighted by atomic mass is 9.81. The van der Waals surface area contributed by atoms with E-state index in [2.05, 4.69) is 24.4 Å². The Morgan fingerprint density at radius 1 is 1.41 bits per heavy atom. The standard InChI is InChI=1S/C14H19NO2/c1-10(13(16)17)11-3-5-12(6-4-11)14(2)7-8-15-9-14/h3-6,10,15H,7-9H2,1-2H3,(H,16,17). The molecule has 0 saturated carbocycles. The molecule has 1 aromatic rings. The van der Waals surface area contributed by atoms with Crippen molar-refractivity contribution in [3.05, 3.63) is 35.4 Å². The van der Waals surface area contributed by atoms with Gasteiger partial charge in [0.15, 0.2) is 0 Å². The summed E-state index contributed by atoms with van der Waals surface area (Å²) in [6.07, 6.45) is 1.14. The van der Waals surface area contributed by atoms with E-state index in [0.29, 0.717) is 0 Å². The summed E-state index contributed by atoms with van der Waals surface area (Å²) in [7, 11) is 0. The van der Waals surface area contributed by atoms with E-state index in [0.717, 1.165) is 25.1 Å². The molecule has 3 heteroatoms. The van der Waals surface area contributed by atoms with Crippen LogP contribution >= 0.6 is 0 Å². The van der Waals surface area contributed by atoms with E-state index in [-0.39, 0.29) is 5.41 Å². The van der Waals surface area contributed by atoms with Crippen LogP contribution in [0.2, 0.25) is 0 Å². The molecule has 1 aliphatic rings. The number of rotatable bonds is 3. The molecule has 3 nitrogen and oxygen atoms in total. The average molecular weight is 233 g/mol. The van der Waals surface area contributed by atoms with Crippen molar-refractivity contribution in [2.75, 3.05) is 13.1 Å². The van der Waals surface area contributed by atoms with Crippen LogP contribution < -0.4 is 5.32 Å². The highest BCUT2D eigenvalue weighted by molar-refractivity contribution is 5.75. The Hall–Kier alpha value is -1.35. The van der Waals surface area contributed by atoms with Crippen LogP contribution in [-0.2, 0) is 10.2 Å². The van der Waals surface area contributed by atoms with Crippen molar-refractivity contribution >= 4 is 5.97 Å². The number of carbonyl (C=O) groups is 1. The second-order valence-electron chi connectivity index (χ2n) is 5.17. The van der Waals surface area contributed by atoms with Gasteiger partial charge in [0, 0.05) is 12.0 Å². The van der Waals surface area contributed by atoms with Gasteiger partial charge in [-0.05, 0) is 31.0 Å². The van der Waals surface area contributed by atoms with Crippen LogP contribution in [0.5, 0.6) is 0 Å². The zero-order valence-corrected chi connectivity index (χ0v) is 10.4. The average Bonchev–Trinajstić information content (AvgIpc) is 2.76. The van der Waals surface area contributed by atoms with E-state index < -0.39 is 11.9 Å². The first-order valence-corrected chi connectivity index (χ1v) is 6.07. The zero-order valence-electron chi connectivity index (χ0n) is 10.4. The molecule has 1 saturated heterocycles. The van der Waals surface area contributed by atoms with Gasteiger partial charge in [0.2, 0.25) is 0 Å². The Kier molecular flexibility index (Phi) is 3.20. The second kappa shape index (κ2) is 4.49. The van der Waals surface area contributed by atoms with Crippen LogP contribution in [0.3, 0.4) is 0 Å². The van der Waals surface area contributed by atoms with Gasteiger partial charge in [-0.3, -0.25) is 4.79 Å². The molecule has 0 bridgehead atoms. The molecule has 2 atom stereocenters. The van der Waals surface area contributed by atoms with E-state index in [9.17, 15) is 4.79 Å². The fourth-order valence-corrected chi connectivity index (χ4v) is 2.38. The van der Waals surface area contributed by atoms with E-state index in [1.807, 2.05) is 12.1 Å². The van der Waals surface area contributed by atoms with Crippen LogP contribution in [0.15, 0.2) is 24.3 Å². The maximum Gasteiger partial charge on any atom is 0.310 e. The quantitative estimate of drug-likeness (QED) is 0.840. The van der Waals surface area contributed by atoms with Gasteiger partial charge in [0.1, 0.15) is 0 Å². The number of hydrogen-bond acceptors (Lipinski definition) is 2. The van der Waals surface area contributed by atoms with Gasteiger partial charge in [-0.15, -0.1) is 0 Å². The van der Waals surface area contributed by atoms with Gasteiger partial charge >= 0.3 is 5.97 Å². The number of nitrogens with one attached hydrogen (secondary N) is 1. The molecule has 2 N–H and O–H groups in total. The maximum absolute atomic E-state index is 10.9. The molecular weight excluding hydrogens is 214 g/mol. The molecule has 0 aromatic heterocycles. The fourth-order valence-electron chi connectivity index (χ4n) is 2.38. The maximum atomic E-state index is 10.9. The Bertz CT molecular complexity index is 405. The Morgan fingerprint density at radius 3 is 2.53 bits per heavy atom. The molecule has 17 heavy (non-hydrogen) atoms. The van der Waals surface area contributed by atoms with Crippen molar-refractivity contribution in [2.24, 2.45) is 0 Å². The van der Waals surface area contributed by atoms with Gasteiger partial charge in [-0.1, -0.05) is 31.2 Å². The third kappa shape index (κ3) is 2.34. The highest BCUT2D eigenvalue weighted by Crippen LogP contribution is 2.30. The van der Waals surface area contributed by atoms with Crippen LogP contribution in [0.1, 0.15) is 37.3 Å². The molecule has 2 rings (SSSR count). The molecule has 1 heterocycles. The Balaban J connectivity index is 2.21. The van der Waals surface area contributed by atoms with Crippen LogP contribution in [0, 0.1) is 0 Å². The molecule has 0 aliphatic carbocycles. The minimum atomic E-state index is -0.772. The van der Waals surface area contributed by atoms with Gasteiger partial charge in [-0.25, -0.2) is 0 Å². The number of carboxylic acids is 1. The molecule has 0 spiro atoms.